The highest BCUT2D eigenvalue weighted by molar-refractivity contribution is 6.30. The van der Waals surface area contributed by atoms with Crippen molar-refractivity contribution in [2.24, 2.45) is 0 Å². The molecule has 0 aliphatic heterocycles. The Hall–Kier alpha value is -1.69. The minimum atomic E-state index is -2.48. The number of nitrogens with one attached hydrogen (secondary N) is 1. The predicted molar refractivity (Wildman–Crippen MR) is 86.1 cm³/mol. The highest BCUT2D eigenvalue weighted by Gasteiger charge is 2.08. The Morgan fingerprint density at radius 2 is 1.87 bits per heavy atom. The van der Waals surface area contributed by atoms with Crippen molar-refractivity contribution < 1.29 is 18.6 Å². The topological polar surface area (TPSA) is 41.5 Å². The van der Waals surface area contributed by atoms with Crippen LogP contribution >= 0.6 is 11.6 Å². The first-order chi connectivity index (χ1) is 11.0. The zero-order valence-corrected chi connectivity index (χ0v) is 13.1. The van der Waals surface area contributed by atoms with E-state index in [0.29, 0.717) is 23.9 Å². The third-order valence-electron chi connectivity index (χ3n) is 3.17. The summed E-state index contributed by atoms with van der Waals surface area (Å²) >= 11 is 5.77. The van der Waals surface area contributed by atoms with E-state index in [1.807, 2.05) is 0 Å². The van der Waals surface area contributed by atoms with Crippen LogP contribution in [-0.4, -0.2) is 24.4 Å². The third kappa shape index (κ3) is 6.14. The summed E-state index contributed by atoms with van der Waals surface area (Å²) in [5, 5.41) is 13.5. The van der Waals surface area contributed by atoms with E-state index in [1.165, 1.54) is 12.1 Å². The lowest BCUT2D eigenvalue weighted by Gasteiger charge is -2.13. The fraction of sp³-hybridized carbons (Fsp3) is 0.294. The van der Waals surface area contributed by atoms with Crippen LogP contribution in [-0.2, 0) is 6.54 Å². The fourth-order valence-corrected chi connectivity index (χ4v) is 2.13. The molecule has 0 saturated heterocycles. The minimum absolute atomic E-state index is 0.00378. The normalized spacial score (nSPS) is 12.4. The molecular weight excluding hydrogens is 324 g/mol. The van der Waals surface area contributed by atoms with Crippen molar-refractivity contribution in [3.05, 3.63) is 64.7 Å². The maximum atomic E-state index is 12.6. The minimum Gasteiger partial charge on any atom is -0.491 e. The molecule has 0 amide bonds. The Kier molecular flexibility index (Phi) is 6.77. The van der Waals surface area contributed by atoms with Gasteiger partial charge in [0.2, 0.25) is 0 Å². The zero-order valence-electron chi connectivity index (χ0n) is 12.4. The molecule has 1 atom stereocenters. The number of benzene rings is 2. The summed E-state index contributed by atoms with van der Waals surface area (Å²) in [7, 11) is 0. The molecular formula is C17H18ClF2NO2. The molecule has 0 saturated carbocycles. The summed E-state index contributed by atoms with van der Waals surface area (Å²) in [6.45, 7) is 0.830. The molecule has 2 aromatic carbocycles. The molecule has 0 heterocycles. The van der Waals surface area contributed by atoms with E-state index in [0.717, 1.165) is 5.56 Å². The molecule has 2 rings (SSSR count). The van der Waals surface area contributed by atoms with E-state index < -0.39 is 12.5 Å². The van der Waals surface area contributed by atoms with Crippen molar-refractivity contribution in [2.45, 2.75) is 19.1 Å². The molecule has 0 aliphatic rings. The molecule has 2 N–H and O–H groups in total. The van der Waals surface area contributed by atoms with Crippen LogP contribution in [0.15, 0.2) is 48.5 Å². The maximum absolute atomic E-state index is 12.6. The van der Waals surface area contributed by atoms with Crippen molar-refractivity contribution in [1.29, 1.82) is 0 Å². The monoisotopic (exact) mass is 341 g/mol. The highest BCUT2D eigenvalue weighted by atomic mass is 35.5. The van der Waals surface area contributed by atoms with Crippen LogP contribution in [0.5, 0.6) is 5.75 Å². The SMILES string of the molecule is OC(CNCc1cccc(C(F)F)c1)COc1ccc(Cl)cc1. The van der Waals surface area contributed by atoms with Crippen molar-refractivity contribution in [2.75, 3.05) is 13.2 Å². The largest absolute Gasteiger partial charge is 0.491 e. The molecule has 3 nitrogen and oxygen atoms in total. The van der Waals surface area contributed by atoms with Gasteiger partial charge < -0.3 is 15.2 Å². The van der Waals surface area contributed by atoms with E-state index in [2.05, 4.69) is 5.32 Å². The van der Waals surface area contributed by atoms with Crippen molar-refractivity contribution in [1.82, 2.24) is 5.32 Å². The number of aliphatic hydroxyl groups excluding tert-OH is 1. The molecule has 0 aromatic heterocycles. The first kappa shape index (κ1) is 17.7. The van der Waals surface area contributed by atoms with E-state index >= 15 is 0 Å². The Labute approximate surface area is 138 Å². The highest BCUT2D eigenvalue weighted by Crippen LogP contribution is 2.19. The van der Waals surface area contributed by atoms with Gasteiger partial charge in [-0.3, -0.25) is 0 Å². The van der Waals surface area contributed by atoms with Gasteiger partial charge in [-0.1, -0.05) is 29.8 Å². The van der Waals surface area contributed by atoms with Crippen LogP contribution in [0.25, 0.3) is 0 Å². The number of aliphatic hydroxyl groups is 1. The summed E-state index contributed by atoms with van der Waals surface area (Å²) in [4.78, 5) is 0. The van der Waals surface area contributed by atoms with Crippen molar-refractivity contribution in [3.63, 3.8) is 0 Å². The quantitative estimate of drug-likeness (QED) is 0.767. The number of ether oxygens (including phenoxy) is 1. The second kappa shape index (κ2) is 8.82. The van der Waals surface area contributed by atoms with Crippen molar-refractivity contribution >= 4 is 11.6 Å². The van der Waals surface area contributed by atoms with Crippen LogP contribution in [0, 0.1) is 0 Å². The first-order valence-electron chi connectivity index (χ1n) is 7.18. The molecule has 0 radical (unpaired) electrons. The summed E-state index contributed by atoms with van der Waals surface area (Å²) in [5.41, 5.74) is 0.740. The standard InChI is InChI=1S/C17H18ClF2NO2/c18-14-4-6-16(7-5-14)23-11-15(22)10-21-9-12-2-1-3-13(8-12)17(19)20/h1-8,15,17,21-22H,9-11H2. The average Bonchev–Trinajstić information content (AvgIpc) is 2.54. The molecule has 23 heavy (non-hydrogen) atoms. The van der Waals surface area contributed by atoms with Gasteiger partial charge in [0.1, 0.15) is 18.5 Å². The summed E-state index contributed by atoms with van der Waals surface area (Å²) in [5.74, 6) is 0.623. The van der Waals surface area contributed by atoms with E-state index in [9.17, 15) is 13.9 Å². The van der Waals surface area contributed by atoms with Gasteiger partial charge in [-0.05, 0) is 35.9 Å². The van der Waals surface area contributed by atoms with Gasteiger partial charge in [-0.25, -0.2) is 8.78 Å². The van der Waals surface area contributed by atoms with Gasteiger partial charge >= 0.3 is 0 Å². The number of rotatable bonds is 8. The Morgan fingerprint density at radius 1 is 1.13 bits per heavy atom. The van der Waals surface area contributed by atoms with Crippen LogP contribution < -0.4 is 10.1 Å². The molecule has 0 aliphatic carbocycles. The lowest BCUT2D eigenvalue weighted by molar-refractivity contribution is 0.106. The van der Waals surface area contributed by atoms with Gasteiger partial charge in [0.05, 0.1) is 0 Å². The predicted octanol–water partition coefficient (Wildman–Crippen LogP) is 3.81. The summed E-state index contributed by atoms with van der Waals surface area (Å²) < 4.78 is 30.6. The van der Waals surface area contributed by atoms with Crippen molar-refractivity contribution in [3.8, 4) is 5.75 Å². The van der Waals surface area contributed by atoms with Crippen LogP contribution in [0.3, 0.4) is 0 Å². The Balaban J connectivity index is 1.71. The summed E-state index contributed by atoms with van der Waals surface area (Å²) in [6.07, 6.45) is -3.18. The summed E-state index contributed by atoms with van der Waals surface area (Å²) in [6, 6.07) is 13.1. The molecule has 2 aromatic rings. The third-order valence-corrected chi connectivity index (χ3v) is 3.42. The Morgan fingerprint density at radius 3 is 2.57 bits per heavy atom. The Bertz CT molecular complexity index is 608. The molecule has 6 heteroatoms. The second-order valence-corrected chi connectivity index (χ2v) is 5.53. The van der Waals surface area contributed by atoms with Crippen LogP contribution in [0.4, 0.5) is 8.78 Å². The molecule has 1 unspecified atom stereocenters. The first-order valence-corrected chi connectivity index (χ1v) is 7.56. The van der Waals surface area contributed by atoms with Gasteiger partial charge in [0.15, 0.2) is 0 Å². The van der Waals surface area contributed by atoms with Crippen LogP contribution in [0.1, 0.15) is 17.6 Å². The van der Waals surface area contributed by atoms with Gasteiger partial charge in [-0.2, -0.15) is 0 Å². The lowest BCUT2D eigenvalue weighted by atomic mass is 10.1. The average molecular weight is 342 g/mol. The van der Waals surface area contributed by atoms with Crippen LogP contribution in [0.2, 0.25) is 5.02 Å². The van der Waals surface area contributed by atoms with E-state index in [1.54, 1.807) is 36.4 Å². The van der Waals surface area contributed by atoms with E-state index in [-0.39, 0.29) is 12.2 Å². The number of hydrogen-bond acceptors (Lipinski definition) is 3. The molecule has 0 fully saturated rings. The molecule has 124 valence electrons. The fourth-order valence-electron chi connectivity index (χ4n) is 2.00. The van der Waals surface area contributed by atoms with Gasteiger partial charge in [0, 0.05) is 23.7 Å². The number of halogens is 3. The molecule has 0 bridgehead atoms. The van der Waals surface area contributed by atoms with E-state index in [4.69, 9.17) is 16.3 Å². The number of alkyl halides is 2. The molecule has 0 spiro atoms. The number of hydrogen-bond donors (Lipinski definition) is 2. The lowest BCUT2D eigenvalue weighted by Crippen LogP contribution is -2.31. The smallest absolute Gasteiger partial charge is 0.263 e. The second-order valence-electron chi connectivity index (χ2n) is 5.10. The maximum Gasteiger partial charge on any atom is 0.263 e. The zero-order chi connectivity index (χ0) is 16.7. The van der Waals surface area contributed by atoms with Gasteiger partial charge in [0.25, 0.3) is 6.43 Å². The van der Waals surface area contributed by atoms with Gasteiger partial charge in [-0.15, -0.1) is 0 Å².